The molecule has 0 bridgehead atoms. The van der Waals surface area contributed by atoms with Crippen molar-refractivity contribution in [3.05, 3.63) is 57.8 Å². The predicted octanol–water partition coefficient (Wildman–Crippen LogP) is 1.41. The second-order valence-electron chi connectivity index (χ2n) is 4.78. The molecule has 2 aromatic rings. The number of nitrogens with zero attached hydrogens (tertiary/aromatic N) is 2. The number of aryl methyl sites for hydroxylation is 1. The molecule has 0 spiro atoms. The predicted molar refractivity (Wildman–Crippen MR) is 84.7 cm³/mol. The topological polar surface area (TPSA) is 137 Å². The fourth-order valence-electron chi connectivity index (χ4n) is 1.91. The molecule has 0 aliphatic rings. The molecule has 9 heteroatoms. The molecular formula is C15H14N4O5. The number of carbonyl (C=O) groups excluding carboxylic acids is 2. The summed E-state index contributed by atoms with van der Waals surface area (Å²) >= 11 is 0. The van der Waals surface area contributed by atoms with E-state index in [9.17, 15) is 19.7 Å². The van der Waals surface area contributed by atoms with Gasteiger partial charge in [-0.15, -0.1) is 0 Å². The molecule has 2 rings (SSSR count). The maximum absolute atomic E-state index is 11.9. The monoisotopic (exact) mass is 330 g/mol. The van der Waals surface area contributed by atoms with Gasteiger partial charge in [0.05, 0.1) is 11.3 Å². The van der Waals surface area contributed by atoms with Crippen LogP contribution in [-0.2, 0) is 4.79 Å². The molecular weight excluding hydrogens is 316 g/mol. The average molecular weight is 330 g/mol. The molecule has 1 aromatic heterocycles. The van der Waals surface area contributed by atoms with Gasteiger partial charge in [-0.05, 0) is 34.2 Å². The smallest absolute Gasteiger partial charge is 0.406 e. The fraction of sp³-hybridized carbons (Fsp3) is 0.133. The lowest BCUT2D eigenvalue weighted by Gasteiger charge is -2.10. The summed E-state index contributed by atoms with van der Waals surface area (Å²) in [6.45, 7) is 1.11. The normalized spacial score (nSPS) is 10.0. The quantitative estimate of drug-likeness (QED) is 0.607. The van der Waals surface area contributed by atoms with E-state index in [-0.39, 0.29) is 17.0 Å². The van der Waals surface area contributed by atoms with E-state index >= 15 is 0 Å². The van der Waals surface area contributed by atoms with Crippen LogP contribution in [0.2, 0.25) is 0 Å². The van der Waals surface area contributed by atoms with Gasteiger partial charge in [-0.1, -0.05) is 12.1 Å². The first kappa shape index (κ1) is 16.9. The minimum Gasteiger partial charge on any atom is -0.476 e. The SMILES string of the molecule is Cc1ccc(OCC(=O)Nc2ccccc2C(N)=O)c([N+](=O)[O-])n1. The summed E-state index contributed by atoms with van der Waals surface area (Å²) in [7, 11) is 0. The zero-order chi connectivity index (χ0) is 17.7. The Bertz CT molecular complexity index is 806. The zero-order valence-corrected chi connectivity index (χ0v) is 12.7. The number of pyridine rings is 1. The third kappa shape index (κ3) is 4.03. The number of ether oxygens (including phenoxy) is 1. The summed E-state index contributed by atoms with van der Waals surface area (Å²) in [6, 6.07) is 9.10. The van der Waals surface area contributed by atoms with Crippen molar-refractivity contribution >= 4 is 23.3 Å². The van der Waals surface area contributed by atoms with Crippen LogP contribution in [0.4, 0.5) is 11.5 Å². The van der Waals surface area contributed by atoms with Gasteiger partial charge in [0.15, 0.2) is 6.61 Å². The summed E-state index contributed by atoms with van der Waals surface area (Å²) in [5, 5.41) is 13.4. The van der Waals surface area contributed by atoms with Crippen molar-refractivity contribution in [2.75, 3.05) is 11.9 Å². The summed E-state index contributed by atoms with van der Waals surface area (Å²) < 4.78 is 5.16. The van der Waals surface area contributed by atoms with Crippen molar-refractivity contribution in [2.45, 2.75) is 6.92 Å². The standard InChI is InChI=1S/C15H14N4O5/c1-9-6-7-12(15(17-9)19(22)23)24-8-13(20)18-11-5-3-2-4-10(11)14(16)21/h2-7H,8H2,1H3,(H2,16,21)(H,18,20). The third-order valence-corrected chi connectivity index (χ3v) is 2.98. The van der Waals surface area contributed by atoms with E-state index in [0.717, 1.165) is 0 Å². The van der Waals surface area contributed by atoms with Crippen molar-refractivity contribution < 1.29 is 19.2 Å². The van der Waals surface area contributed by atoms with E-state index in [1.54, 1.807) is 19.1 Å². The molecule has 0 fully saturated rings. The van der Waals surface area contributed by atoms with Crippen molar-refractivity contribution in [3.8, 4) is 5.75 Å². The van der Waals surface area contributed by atoms with Crippen LogP contribution in [0.1, 0.15) is 16.1 Å². The minimum absolute atomic E-state index is 0.121. The summed E-state index contributed by atoms with van der Waals surface area (Å²) in [6.07, 6.45) is 0. The molecule has 0 saturated heterocycles. The molecule has 9 nitrogen and oxygen atoms in total. The number of amides is 2. The highest BCUT2D eigenvalue weighted by molar-refractivity contribution is 6.03. The molecule has 0 aliphatic carbocycles. The lowest BCUT2D eigenvalue weighted by molar-refractivity contribution is -0.390. The molecule has 1 heterocycles. The molecule has 124 valence electrons. The molecule has 0 aliphatic heterocycles. The fourth-order valence-corrected chi connectivity index (χ4v) is 1.91. The molecule has 0 atom stereocenters. The molecule has 0 saturated carbocycles. The van der Waals surface area contributed by atoms with E-state index in [1.165, 1.54) is 24.3 Å². The number of para-hydroxylation sites is 1. The molecule has 3 N–H and O–H groups in total. The number of aromatic nitrogens is 1. The number of nitro groups is 1. The Morgan fingerprint density at radius 2 is 2.00 bits per heavy atom. The Kier molecular flexibility index (Phi) is 5.05. The van der Waals surface area contributed by atoms with Gasteiger partial charge in [0, 0.05) is 6.92 Å². The van der Waals surface area contributed by atoms with Crippen molar-refractivity contribution in [2.24, 2.45) is 5.73 Å². The lowest BCUT2D eigenvalue weighted by Crippen LogP contribution is -2.23. The molecule has 24 heavy (non-hydrogen) atoms. The highest BCUT2D eigenvalue weighted by Gasteiger charge is 2.19. The van der Waals surface area contributed by atoms with Crippen LogP contribution >= 0.6 is 0 Å². The van der Waals surface area contributed by atoms with Gasteiger partial charge in [-0.3, -0.25) is 9.59 Å². The van der Waals surface area contributed by atoms with Gasteiger partial charge in [-0.2, -0.15) is 0 Å². The Morgan fingerprint density at radius 1 is 1.29 bits per heavy atom. The van der Waals surface area contributed by atoms with Gasteiger partial charge < -0.3 is 25.9 Å². The molecule has 0 unspecified atom stereocenters. The minimum atomic E-state index is -0.692. The number of anilines is 1. The number of benzene rings is 1. The Labute approximate surface area is 136 Å². The van der Waals surface area contributed by atoms with Crippen LogP contribution in [0, 0.1) is 17.0 Å². The highest BCUT2D eigenvalue weighted by Crippen LogP contribution is 2.24. The number of hydrogen-bond donors (Lipinski definition) is 2. The van der Waals surface area contributed by atoms with Crippen LogP contribution in [-0.4, -0.2) is 28.3 Å². The summed E-state index contributed by atoms with van der Waals surface area (Å²) in [4.78, 5) is 37.2. The van der Waals surface area contributed by atoms with E-state index < -0.39 is 29.2 Å². The second kappa shape index (κ2) is 7.18. The second-order valence-corrected chi connectivity index (χ2v) is 4.78. The van der Waals surface area contributed by atoms with Crippen LogP contribution < -0.4 is 15.8 Å². The largest absolute Gasteiger partial charge is 0.476 e. The van der Waals surface area contributed by atoms with E-state index in [4.69, 9.17) is 10.5 Å². The Balaban J connectivity index is 2.07. The van der Waals surface area contributed by atoms with Gasteiger partial charge in [-0.25, -0.2) is 0 Å². The number of nitrogens with two attached hydrogens (primary N) is 1. The summed E-state index contributed by atoms with van der Waals surface area (Å²) in [5.74, 6) is -1.88. The zero-order valence-electron chi connectivity index (χ0n) is 12.7. The average Bonchev–Trinajstić information content (AvgIpc) is 2.53. The Hall–Kier alpha value is -3.49. The first-order valence-corrected chi connectivity index (χ1v) is 6.82. The molecule has 2 amide bonds. The third-order valence-electron chi connectivity index (χ3n) is 2.98. The molecule has 0 radical (unpaired) electrons. The van der Waals surface area contributed by atoms with Crippen molar-refractivity contribution in [1.29, 1.82) is 0 Å². The lowest BCUT2D eigenvalue weighted by atomic mass is 10.1. The highest BCUT2D eigenvalue weighted by atomic mass is 16.6. The first-order valence-electron chi connectivity index (χ1n) is 6.82. The summed E-state index contributed by atoms with van der Waals surface area (Å²) in [5.41, 5.74) is 6.05. The maximum Gasteiger partial charge on any atom is 0.406 e. The number of carbonyl (C=O) groups is 2. The number of nitrogens with one attached hydrogen (secondary N) is 1. The first-order chi connectivity index (χ1) is 11.4. The number of rotatable bonds is 6. The van der Waals surface area contributed by atoms with Crippen LogP contribution in [0.25, 0.3) is 0 Å². The molecule has 1 aromatic carbocycles. The van der Waals surface area contributed by atoms with Crippen molar-refractivity contribution in [3.63, 3.8) is 0 Å². The van der Waals surface area contributed by atoms with Gasteiger partial charge >= 0.3 is 5.82 Å². The van der Waals surface area contributed by atoms with Gasteiger partial charge in [0.2, 0.25) is 5.75 Å². The van der Waals surface area contributed by atoms with Crippen molar-refractivity contribution in [1.82, 2.24) is 4.98 Å². The van der Waals surface area contributed by atoms with Crippen LogP contribution in [0.15, 0.2) is 36.4 Å². The maximum atomic E-state index is 11.9. The van der Waals surface area contributed by atoms with Crippen LogP contribution in [0.3, 0.4) is 0 Å². The van der Waals surface area contributed by atoms with E-state index in [0.29, 0.717) is 5.69 Å². The number of primary amides is 1. The van der Waals surface area contributed by atoms with E-state index in [1.807, 2.05) is 0 Å². The Morgan fingerprint density at radius 3 is 2.67 bits per heavy atom. The van der Waals surface area contributed by atoms with Crippen LogP contribution in [0.5, 0.6) is 5.75 Å². The van der Waals surface area contributed by atoms with Gasteiger partial charge in [0.1, 0.15) is 5.69 Å². The van der Waals surface area contributed by atoms with E-state index in [2.05, 4.69) is 10.3 Å². The number of hydrogen-bond acceptors (Lipinski definition) is 6. The van der Waals surface area contributed by atoms with Gasteiger partial charge in [0.25, 0.3) is 11.8 Å².